The van der Waals surface area contributed by atoms with Crippen LogP contribution in [0.4, 0.5) is 4.39 Å². The molecule has 1 heterocycles. The third-order valence-electron chi connectivity index (χ3n) is 1.03. The Balaban J connectivity index is 3.15. The van der Waals surface area contributed by atoms with Crippen LogP contribution in [0.1, 0.15) is 10.5 Å². The Hall–Kier alpha value is -0.720. The lowest BCUT2D eigenvalue weighted by molar-refractivity contribution is 0.0690. The Kier molecular flexibility index (Phi) is 2.38. The van der Waals surface area contributed by atoms with Gasteiger partial charge in [-0.3, -0.25) is 0 Å². The summed E-state index contributed by atoms with van der Waals surface area (Å²) in [6, 6.07) is 1.18. The highest BCUT2D eigenvalue weighted by Crippen LogP contribution is 2.09. The third kappa shape index (κ3) is 1.86. The van der Waals surface area contributed by atoms with Crippen LogP contribution in [0, 0.1) is 9.39 Å². The molecule has 0 aliphatic heterocycles. The van der Waals surface area contributed by atoms with Gasteiger partial charge in [0.05, 0.1) is 9.77 Å². The van der Waals surface area contributed by atoms with E-state index in [1.165, 1.54) is 6.07 Å². The van der Waals surface area contributed by atoms with E-state index in [0.717, 1.165) is 6.20 Å². The van der Waals surface area contributed by atoms with Gasteiger partial charge in [0.1, 0.15) is 5.69 Å². The van der Waals surface area contributed by atoms with E-state index in [4.69, 9.17) is 5.11 Å². The molecule has 0 saturated heterocycles. The van der Waals surface area contributed by atoms with Gasteiger partial charge >= 0.3 is 5.97 Å². The number of carbonyl (C=O) groups is 1. The van der Waals surface area contributed by atoms with Gasteiger partial charge in [-0.25, -0.2) is 14.2 Å². The molecule has 11 heavy (non-hydrogen) atoms. The summed E-state index contributed by atoms with van der Waals surface area (Å²) >= 11 is 1.70. The molecule has 0 fully saturated rings. The van der Waals surface area contributed by atoms with Crippen LogP contribution in [0.5, 0.6) is 0 Å². The van der Waals surface area contributed by atoms with Gasteiger partial charge in [0, 0.05) is 0 Å². The van der Waals surface area contributed by atoms with Crippen molar-refractivity contribution in [3.05, 3.63) is 27.3 Å². The highest BCUT2D eigenvalue weighted by Gasteiger charge is 2.06. The standard InChI is InChI=1S/C6H3FINO2/c7-3-2-9-5(6(10)11)1-4(3)8/h1-2H,(H,10,11). The Labute approximate surface area is 75.4 Å². The zero-order valence-corrected chi connectivity index (χ0v) is 7.37. The van der Waals surface area contributed by atoms with Crippen molar-refractivity contribution in [3.63, 3.8) is 0 Å². The average molecular weight is 267 g/mol. The molecular weight excluding hydrogens is 264 g/mol. The minimum atomic E-state index is -1.15. The zero-order chi connectivity index (χ0) is 8.43. The average Bonchev–Trinajstić information content (AvgIpc) is 1.94. The molecule has 58 valence electrons. The van der Waals surface area contributed by atoms with E-state index in [9.17, 15) is 9.18 Å². The molecule has 0 unspecified atom stereocenters. The van der Waals surface area contributed by atoms with Crippen LogP contribution in [-0.2, 0) is 0 Å². The van der Waals surface area contributed by atoms with Gasteiger partial charge in [0.2, 0.25) is 0 Å². The van der Waals surface area contributed by atoms with Gasteiger partial charge in [-0.1, -0.05) is 0 Å². The lowest BCUT2D eigenvalue weighted by atomic mass is 10.3. The molecule has 5 heteroatoms. The van der Waals surface area contributed by atoms with Crippen LogP contribution < -0.4 is 0 Å². The summed E-state index contributed by atoms with van der Waals surface area (Å²) in [5.41, 5.74) is -0.143. The number of carboxylic acids is 1. The zero-order valence-electron chi connectivity index (χ0n) is 5.21. The molecule has 0 atom stereocenters. The Bertz CT molecular complexity index is 303. The summed E-state index contributed by atoms with van der Waals surface area (Å²) in [6.45, 7) is 0. The minimum absolute atomic E-state index is 0.143. The van der Waals surface area contributed by atoms with Crippen LogP contribution in [0.2, 0.25) is 0 Å². The summed E-state index contributed by atoms with van der Waals surface area (Å²) in [5.74, 6) is -1.65. The fourth-order valence-electron chi connectivity index (χ4n) is 0.531. The van der Waals surface area contributed by atoms with E-state index in [2.05, 4.69) is 4.98 Å². The number of halogens is 2. The molecular formula is C6H3FINO2. The first-order valence-corrected chi connectivity index (χ1v) is 3.73. The van der Waals surface area contributed by atoms with Crippen molar-refractivity contribution in [2.75, 3.05) is 0 Å². The maximum Gasteiger partial charge on any atom is 0.354 e. The van der Waals surface area contributed by atoms with Gasteiger partial charge in [-0.15, -0.1) is 0 Å². The first kappa shape index (κ1) is 8.38. The van der Waals surface area contributed by atoms with Gasteiger partial charge in [-0.05, 0) is 28.7 Å². The quantitative estimate of drug-likeness (QED) is 0.785. The lowest BCUT2D eigenvalue weighted by Gasteiger charge is -1.94. The van der Waals surface area contributed by atoms with Crippen LogP contribution in [-0.4, -0.2) is 16.1 Å². The third-order valence-corrected chi connectivity index (χ3v) is 1.85. The van der Waals surface area contributed by atoms with Crippen LogP contribution in [0.25, 0.3) is 0 Å². The number of hydrogen-bond donors (Lipinski definition) is 1. The summed E-state index contributed by atoms with van der Waals surface area (Å²) in [5, 5.41) is 8.41. The number of nitrogens with zero attached hydrogens (tertiary/aromatic N) is 1. The van der Waals surface area contributed by atoms with Gasteiger partial charge in [-0.2, -0.15) is 0 Å². The SMILES string of the molecule is O=C(O)c1cc(I)c(F)cn1. The molecule has 3 nitrogen and oxygen atoms in total. The minimum Gasteiger partial charge on any atom is -0.477 e. The lowest BCUT2D eigenvalue weighted by Crippen LogP contribution is -2.01. The first-order chi connectivity index (χ1) is 5.11. The summed E-state index contributed by atoms with van der Waals surface area (Å²) < 4.78 is 12.8. The van der Waals surface area contributed by atoms with E-state index >= 15 is 0 Å². The van der Waals surface area contributed by atoms with Crippen LogP contribution in [0.15, 0.2) is 12.3 Å². The molecule has 0 saturated carbocycles. The highest BCUT2D eigenvalue weighted by molar-refractivity contribution is 14.1. The maximum absolute atomic E-state index is 12.5. The normalized spacial score (nSPS) is 9.64. The Morgan fingerprint density at radius 1 is 1.73 bits per heavy atom. The molecule has 0 aliphatic carbocycles. The summed E-state index contributed by atoms with van der Waals surface area (Å²) in [7, 11) is 0. The van der Waals surface area contributed by atoms with E-state index < -0.39 is 11.8 Å². The summed E-state index contributed by atoms with van der Waals surface area (Å²) in [4.78, 5) is 13.6. The van der Waals surface area contributed by atoms with E-state index in [1.807, 2.05) is 0 Å². The molecule has 1 N–H and O–H groups in total. The molecule has 0 aliphatic rings. The molecule has 0 spiro atoms. The van der Waals surface area contributed by atoms with Crippen molar-refractivity contribution >= 4 is 28.6 Å². The predicted octanol–water partition coefficient (Wildman–Crippen LogP) is 1.52. The molecule has 1 rings (SSSR count). The number of carboxylic acid groups (broad SMARTS) is 1. The Morgan fingerprint density at radius 2 is 2.36 bits per heavy atom. The fraction of sp³-hybridized carbons (Fsp3) is 0. The van der Waals surface area contributed by atoms with E-state index in [1.54, 1.807) is 22.6 Å². The van der Waals surface area contributed by atoms with Crippen molar-refractivity contribution in [1.29, 1.82) is 0 Å². The second-order valence-corrected chi connectivity index (χ2v) is 2.95. The van der Waals surface area contributed by atoms with Crippen LogP contribution >= 0.6 is 22.6 Å². The molecule has 1 aromatic rings. The highest BCUT2D eigenvalue weighted by atomic mass is 127. The molecule has 0 aromatic carbocycles. The fourth-order valence-corrected chi connectivity index (χ4v) is 0.965. The molecule has 0 bridgehead atoms. The van der Waals surface area contributed by atoms with Crippen LogP contribution in [0.3, 0.4) is 0 Å². The van der Waals surface area contributed by atoms with Crippen molar-refractivity contribution in [2.24, 2.45) is 0 Å². The van der Waals surface area contributed by atoms with Gasteiger partial charge in [0.15, 0.2) is 5.82 Å². The number of pyridine rings is 1. The van der Waals surface area contributed by atoms with Gasteiger partial charge < -0.3 is 5.11 Å². The predicted molar refractivity (Wildman–Crippen MR) is 43.9 cm³/mol. The molecule has 0 amide bonds. The topological polar surface area (TPSA) is 50.2 Å². The maximum atomic E-state index is 12.5. The number of aromatic nitrogens is 1. The second-order valence-electron chi connectivity index (χ2n) is 1.79. The number of aromatic carboxylic acids is 1. The van der Waals surface area contributed by atoms with Crippen molar-refractivity contribution in [2.45, 2.75) is 0 Å². The van der Waals surface area contributed by atoms with Crippen molar-refractivity contribution < 1.29 is 14.3 Å². The largest absolute Gasteiger partial charge is 0.477 e. The monoisotopic (exact) mass is 267 g/mol. The molecule has 0 radical (unpaired) electrons. The summed E-state index contributed by atoms with van der Waals surface area (Å²) in [6.07, 6.45) is 0.894. The smallest absolute Gasteiger partial charge is 0.354 e. The second kappa shape index (κ2) is 3.12. The van der Waals surface area contributed by atoms with E-state index in [-0.39, 0.29) is 9.26 Å². The first-order valence-electron chi connectivity index (χ1n) is 2.65. The van der Waals surface area contributed by atoms with Crippen molar-refractivity contribution in [3.8, 4) is 0 Å². The van der Waals surface area contributed by atoms with Crippen molar-refractivity contribution in [1.82, 2.24) is 4.98 Å². The number of hydrogen-bond acceptors (Lipinski definition) is 2. The number of rotatable bonds is 1. The van der Waals surface area contributed by atoms with E-state index in [0.29, 0.717) is 0 Å². The van der Waals surface area contributed by atoms with Gasteiger partial charge in [0.25, 0.3) is 0 Å². The Morgan fingerprint density at radius 3 is 2.82 bits per heavy atom. The molecule has 1 aromatic heterocycles.